The zero-order chi connectivity index (χ0) is 12.3. The molecule has 0 unspecified atom stereocenters. The van der Waals surface area contributed by atoms with E-state index in [0.717, 1.165) is 6.07 Å². The van der Waals surface area contributed by atoms with Gasteiger partial charge in [-0.25, -0.2) is 13.6 Å². The number of carbonyl (C=O) groups is 1. The summed E-state index contributed by atoms with van der Waals surface area (Å²) in [7, 11) is -3.89. The van der Waals surface area contributed by atoms with E-state index in [1.54, 1.807) is 0 Å². The fourth-order valence-electron chi connectivity index (χ4n) is 0.979. The normalized spacial score (nSPS) is 11.8. The smallest absolute Gasteiger partial charge is 0.287 e. The molecule has 0 fully saturated rings. The molecule has 90 valence electrons. The average molecular weight is 246 g/mol. The van der Waals surface area contributed by atoms with Gasteiger partial charge < -0.3 is 9.73 Å². The third-order valence-electron chi connectivity index (χ3n) is 1.76. The van der Waals surface area contributed by atoms with Crippen molar-refractivity contribution in [3.05, 3.63) is 17.9 Å². The number of primary sulfonamides is 1. The molecule has 1 aromatic heterocycles. The molecule has 0 aliphatic rings. The van der Waals surface area contributed by atoms with Gasteiger partial charge in [0.15, 0.2) is 5.76 Å². The zero-order valence-electron chi connectivity index (χ0n) is 9.06. The van der Waals surface area contributed by atoms with Crippen molar-refractivity contribution in [2.45, 2.75) is 18.9 Å². The van der Waals surface area contributed by atoms with E-state index in [9.17, 15) is 13.2 Å². The van der Waals surface area contributed by atoms with Gasteiger partial charge in [0.25, 0.3) is 15.9 Å². The lowest BCUT2D eigenvalue weighted by Gasteiger charge is -2.05. The Balaban J connectivity index is 2.75. The monoisotopic (exact) mass is 246 g/mol. The van der Waals surface area contributed by atoms with Crippen molar-refractivity contribution in [3.63, 3.8) is 0 Å². The molecule has 0 saturated carbocycles. The van der Waals surface area contributed by atoms with E-state index in [1.165, 1.54) is 6.07 Å². The van der Waals surface area contributed by atoms with E-state index in [1.807, 2.05) is 13.8 Å². The van der Waals surface area contributed by atoms with E-state index in [-0.39, 0.29) is 5.76 Å². The maximum absolute atomic E-state index is 11.4. The number of carbonyl (C=O) groups excluding carboxylic acids is 1. The summed E-state index contributed by atoms with van der Waals surface area (Å²) >= 11 is 0. The molecular formula is C9H14N2O4S. The minimum absolute atomic E-state index is 0.0651. The van der Waals surface area contributed by atoms with Crippen LogP contribution in [-0.4, -0.2) is 20.9 Å². The summed E-state index contributed by atoms with van der Waals surface area (Å²) in [6.07, 6.45) is 0. The fraction of sp³-hybridized carbons (Fsp3) is 0.444. The number of nitrogens with one attached hydrogen (secondary N) is 1. The van der Waals surface area contributed by atoms with Crippen LogP contribution in [0.1, 0.15) is 24.4 Å². The van der Waals surface area contributed by atoms with E-state index >= 15 is 0 Å². The van der Waals surface area contributed by atoms with E-state index < -0.39 is 21.0 Å². The predicted octanol–water partition coefficient (Wildman–Crippen LogP) is 0.313. The molecule has 0 aliphatic heterocycles. The first kappa shape index (κ1) is 12.7. The Morgan fingerprint density at radius 3 is 2.56 bits per heavy atom. The molecule has 0 atom stereocenters. The SMILES string of the molecule is CC(C)CNC(=O)c1ccc(S(N)(=O)=O)o1. The number of nitrogens with two attached hydrogens (primary N) is 1. The van der Waals surface area contributed by atoms with Crippen LogP contribution in [0.2, 0.25) is 0 Å². The molecule has 16 heavy (non-hydrogen) atoms. The molecule has 0 radical (unpaired) electrons. The molecule has 1 aromatic rings. The minimum Gasteiger partial charge on any atom is -0.438 e. The third-order valence-corrected chi connectivity index (χ3v) is 2.54. The van der Waals surface area contributed by atoms with Gasteiger partial charge in [0.05, 0.1) is 0 Å². The molecule has 1 rings (SSSR count). The Kier molecular flexibility index (Phi) is 3.71. The number of amides is 1. The van der Waals surface area contributed by atoms with Crippen LogP contribution in [0.5, 0.6) is 0 Å². The lowest BCUT2D eigenvalue weighted by atomic mass is 10.2. The third kappa shape index (κ3) is 3.35. The first-order valence-electron chi connectivity index (χ1n) is 4.71. The van der Waals surface area contributed by atoms with Crippen molar-refractivity contribution < 1.29 is 17.6 Å². The summed E-state index contributed by atoms with van der Waals surface area (Å²) in [5, 5.41) is 7.02. The van der Waals surface area contributed by atoms with Crippen LogP contribution in [0.3, 0.4) is 0 Å². The highest BCUT2D eigenvalue weighted by atomic mass is 32.2. The Bertz CT molecular complexity index is 475. The lowest BCUT2D eigenvalue weighted by Crippen LogP contribution is -2.26. The van der Waals surface area contributed by atoms with Crippen molar-refractivity contribution in [1.29, 1.82) is 0 Å². The van der Waals surface area contributed by atoms with E-state index in [2.05, 4.69) is 5.32 Å². The van der Waals surface area contributed by atoms with Crippen LogP contribution in [0.15, 0.2) is 21.6 Å². The molecule has 6 nitrogen and oxygen atoms in total. The van der Waals surface area contributed by atoms with Crippen LogP contribution in [-0.2, 0) is 10.0 Å². The lowest BCUT2D eigenvalue weighted by molar-refractivity contribution is 0.0916. The molecule has 0 aromatic carbocycles. The van der Waals surface area contributed by atoms with Crippen LogP contribution < -0.4 is 10.5 Å². The minimum atomic E-state index is -3.89. The van der Waals surface area contributed by atoms with Gasteiger partial charge in [0, 0.05) is 6.54 Å². The molecule has 1 heterocycles. The first-order valence-corrected chi connectivity index (χ1v) is 6.26. The molecule has 1 amide bonds. The number of furan rings is 1. The largest absolute Gasteiger partial charge is 0.438 e. The molecular weight excluding hydrogens is 232 g/mol. The summed E-state index contributed by atoms with van der Waals surface area (Å²) in [5.74, 6) is -0.218. The summed E-state index contributed by atoms with van der Waals surface area (Å²) in [6.45, 7) is 4.38. The van der Waals surface area contributed by atoms with Crippen molar-refractivity contribution in [2.24, 2.45) is 11.1 Å². The van der Waals surface area contributed by atoms with Gasteiger partial charge in [0.2, 0.25) is 5.09 Å². The molecule has 0 saturated heterocycles. The van der Waals surface area contributed by atoms with Crippen molar-refractivity contribution >= 4 is 15.9 Å². The summed E-state index contributed by atoms with van der Waals surface area (Å²) in [5.41, 5.74) is 0. The molecule has 0 spiro atoms. The summed E-state index contributed by atoms with van der Waals surface area (Å²) in [6, 6.07) is 2.43. The maximum atomic E-state index is 11.4. The summed E-state index contributed by atoms with van der Waals surface area (Å²) in [4.78, 5) is 11.4. The topological polar surface area (TPSA) is 102 Å². The number of sulfonamides is 1. The van der Waals surface area contributed by atoms with Crippen LogP contribution >= 0.6 is 0 Å². The standard InChI is InChI=1S/C9H14N2O4S/c1-6(2)5-11-9(12)7-3-4-8(15-7)16(10,13)14/h3-4,6H,5H2,1-2H3,(H,11,12)(H2,10,13,14). The fourth-order valence-corrected chi connectivity index (χ4v) is 1.44. The second-order valence-electron chi connectivity index (χ2n) is 3.77. The first-order chi connectivity index (χ1) is 7.30. The average Bonchev–Trinajstić information content (AvgIpc) is 2.61. The number of hydrogen-bond donors (Lipinski definition) is 2. The van der Waals surface area contributed by atoms with Crippen LogP contribution in [0.25, 0.3) is 0 Å². The molecule has 7 heteroatoms. The molecule has 0 bridgehead atoms. The predicted molar refractivity (Wildman–Crippen MR) is 57.3 cm³/mol. The van der Waals surface area contributed by atoms with Crippen molar-refractivity contribution in [2.75, 3.05) is 6.54 Å². The number of hydrogen-bond acceptors (Lipinski definition) is 4. The van der Waals surface area contributed by atoms with Gasteiger partial charge in [-0.2, -0.15) is 0 Å². The highest BCUT2D eigenvalue weighted by molar-refractivity contribution is 7.89. The van der Waals surface area contributed by atoms with Crippen LogP contribution in [0.4, 0.5) is 0 Å². The van der Waals surface area contributed by atoms with Gasteiger partial charge in [0.1, 0.15) is 0 Å². The van der Waals surface area contributed by atoms with Gasteiger partial charge in [-0.05, 0) is 18.1 Å². The molecule has 3 N–H and O–H groups in total. The van der Waals surface area contributed by atoms with Gasteiger partial charge in [-0.3, -0.25) is 4.79 Å². The summed E-state index contributed by atoms with van der Waals surface area (Å²) < 4.78 is 26.6. The quantitative estimate of drug-likeness (QED) is 0.798. The second-order valence-corrected chi connectivity index (χ2v) is 5.26. The Morgan fingerprint density at radius 1 is 1.50 bits per heavy atom. The van der Waals surface area contributed by atoms with E-state index in [4.69, 9.17) is 9.56 Å². The van der Waals surface area contributed by atoms with Gasteiger partial charge >= 0.3 is 0 Å². The van der Waals surface area contributed by atoms with Crippen molar-refractivity contribution in [3.8, 4) is 0 Å². The number of rotatable bonds is 4. The Hall–Kier alpha value is -1.34. The highest BCUT2D eigenvalue weighted by Crippen LogP contribution is 2.11. The van der Waals surface area contributed by atoms with Gasteiger partial charge in [-0.15, -0.1) is 0 Å². The van der Waals surface area contributed by atoms with Crippen LogP contribution in [0, 0.1) is 5.92 Å². The van der Waals surface area contributed by atoms with Crippen molar-refractivity contribution in [1.82, 2.24) is 5.32 Å². The Labute approximate surface area is 93.9 Å². The maximum Gasteiger partial charge on any atom is 0.287 e. The van der Waals surface area contributed by atoms with Gasteiger partial charge in [-0.1, -0.05) is 13.8 Å². The molecule has 0 aliphatic carbocycles. The highest BCUT2D eigenvalue weighted by Gasteiger charge is 2.17. The van der Waals surface area contributed by atoms with E-state index in [0.29, 0.717) is 12.5 Å². The Morgan fingerprint density at radius 2 is 2.12 bits per heavy atom. The zero-order valence-corrected chi connectivity index (χ0v) is 9.87. The second kappa shape index (κ2) is 4.67.